The summed E-state index contributed by atoms with van der Waals surface area (Å²) in [5.41, 5.74) is 0.386. The third-order valence-corrected chi connectivity index (χ3v) is 4.44. The Labute approximate surface area is 125 Å². The fourth-order valence-electron chi connectivity index (χ4n) is 3.07. The van der Waals surface area contributed by atoms with Crippen LogP contribution in [-0.4, -0.2) is 38.5 Å². The molecule has 3 unspecified atom stereocenters. The van der Waals surface area contributed by atoms with Gasteiger partial charge in [-0.05, 0) is 50.5 Å². The van der Waals surface area contributed by atoms with E-state index in [1.165, 1.54) is 25.7 Å². The first-order valence-electron chi connectivity index (χ1n) is 8.41. The highest BCUT2D eigenvalue weighted by Crippen LogP contribution is 2.38. The molecule has 0 heterocycles. The van der Waals surface area contributed by atoms with Crippen LogP contribution in [0.2, 0.25) is 0 Å². The van der Waals surface area contributed by atoms with E-state index in [0.29, 0.717) is 24.2 Å². The average molecular weight is 285 g/mol. The molecule has 20 heavy (non-hydrogen) atoms. The number of hydrogen-bond donors (Lipinski definition) is 1. The third kappa shape index (κ3) is 6.11. The van der Waals surface area contributed by atoms with Gasteiger partial charge in [-0.2, -0.15) is 0 Å². The van der Waals surface area contributed by atoms with E-state index in [4.69, 9.17) is 9.47 Å². The molecule has 1 aliphatic carbocycles. The van der Waals surface area contributed by atoms with Gasteiger partial charge in [0.2, 0.25) is 0 Å². The molecule has 0 radical (unpaired) electrons. The molecule has 1 saturated carbocycles. The van der Waals surface area contributed by atoms with Gasteiger partial charge in [0, 0.05) is 12.6 Å². The fourth-order valence-corrected chi connectivity index (χ4v) is 3.07. The molecule has 0 aliphatic heterocycles. The second kappa shape index (κ2) is 9.01. The quantitative estimate of drug-likeness (QED) is 0.691. The highest BCUT2D eigenvalue weighted by Gasteiger charge is 2.36. The van der Waals surface area contributed by atoms with Gasteiger partial charge in [-0.1, -0.05) is 27.7 Å². The molecule has 120 valence electrons. The van der Waals surface area contributed by atoms with Crippen LogP contribution >= 0.6 is 0 Å². The lowest BCUT2D eigenvalue weighted by molar-refractivity contribution is -0.0471. The van der Waals surface area contributed by atoms with Crippen molar-refractivity contribution in [3.8, 4) is 0 Å². The summed E-state index contributed by atoms with van der Waals surface area (Å²) in [4.78, 5) is 0. The van der Waals surface area contributed by atoms with Crippen LogP contribution in [0, 0.1) is 11.3 Å². The molecule has 3 atom stereocenters. The number of rotatable bonds is 8. The van der Waals surface area contributed by atoms with Gasteiger partial charge in [0.1, 0.15) is 0 Å². The Hall–Kier alpha value is -0.120. The molecule has 1 aliphatic rings. The Morgan fingerprint density at radius 3 is 2.45 bits per heavy atom. The molecule has 0 aromatic heterocycles. The molecular formula is C17H35NO2. The first-order chi connectivity index (χ1) is 9.49. The topological polar surface area (TPSA) is 30.5 Å². The summed E-state index contributed by atoms with van der Waals surface area (Å²) < 4.78 is 11.5. The Morgan fingerprint density at radius 2 is 1.85 bits per heavy atom. The standard InChI is InChI=1S/C17H35NO2/c1-6-10-18-15-9-8-14(17(3,4)5)13-16(15)20-12-11-19-7-2/h14-16,18H,6-13H2,1-5H3. The minimum atomic E-state index is 0.347. The Morgan fingerprint density at radius 1 is 1.10 bits per heavy atom. The zero-order chi connectivity index (χ0) is 15.0. The van der Waals surface area contributed by atoms with Crippen molar-refractivity contribution in [3.05, 3.63) is 0 Å². The van der Waals surface area contributed by atoms with E-state index in [1.807, 2.05) is 6.92 Å². The van der Waals surface area contributed by atoms with E-state index in [1.54, 1.807) is 0 Å². The molecule has 0 amide bonds. The summed E-state index contributed by atoms with van der Waals surface area (Å²) in [5, 5.41) is 3.67. The molecule has 1 rings (SSSR count). The predicted octanol–water partition coefficient (Wildman–Crippen LogP) is 3.62. The Bertz CT molecular complexity index is 250. The van der Waals surface area contributed by atoms with Crippen LogP contribution in [0.1, 0.15) is 60.3 Å². The number of hydrogen-bond acceptors (Lipinski definition) is 3. The van der Waals surface area contributed by atoms with Crippen LogP contribution in [-0.2, 0) is 9.47 Å². The maximum absolute atomic E-state index is 6.13. The van der Waals surface area contributed by atoms with Gasteiger partial charge < -0.3 is 14.8 Å². The summed E-state index contributed by atoms with van der Waals surface area (Å²) >= 11 is 0. The highest BCUT2D eigenvalue weighted by atomic mass is 16.5. The highest BCUT2D eigenvalue weighted by molar-refractivity contribution is 4.89. The van der Waals surface area contributed by atoms with Gasteiger partial charge in [-0.3, -0.25) is 0 Å². The van der Waals surface area contributed by atoms with Gasteiger partial charge in [-0.15, -0.1) is 0 Å². The summed E-state index contributed by atoms with van der Waals surface area (Å²) in [5.74, 6) is 0.763. The van der Waals surface area contributed by atoms with Crippen molar-refractivity contribution >= 4 is 0 Å². The number of ether oxygens (including phenoxy) is 2. The molecule has 0 aromatic carbocycles. The molecular weight excluding hydrogens is 250 g/mol. The molecule has 3 nitrogen and oxygen atoms in total. The molecule has 1 N–H and O–H groups in total. The first kappa shape index (κ1) is 17.9. The maximum atomic E-state index is 6.13. The lowest BCUT2D eigenvalue weighted by Gasteiger charge is -2.42. The van der Waals surface area contributed by atoms with E-state index >= 15 is 0 Å². The molecule has 3 heteroatoms. The van der Waals surface area contributed by atoms with Crippen molar-refractivity contribution in [2.45, 2.75) is 72.4 Å². The zero-order valence-electron chi connectivity index (χ0n) is 14.2. The van der Waals surface area contributed by atoms with Crippen LogP contribution in [0.4, 0.5) is 0 Å². The normalized spacial score (nSPS) is 27.8. The van der Waals surface area contributed by atoms with Crippen molar-refractivity contribution in [1.29, 1.82) is 0 Å². The predicted molar refractivity (Wildman–Crippen MR) is 85.1 cm³/mol. The van der Waals surface area contributed by atoms with Gasteiger partial charge in [0.05, 0.1) is 19.3 Å². The van der Waals surface area contributed by atoms with Crippen LogP contribution in [0.15, 0.2) is 0 Å². The molecule has 0 saturated heterocycles. The van der Waals surface area contributed by atoms with E-state index in [0.717, 1.165) is 25.7 Å². The summed E-state index contributed by atoms with van der Waals surface area (Å²) in [6.45, 7) is 14.6. The number of nitrogens with one attached hydrogen (secondary N) is 1. The second-order valence-electron chi connectivity index (χ2n) is 7.04. The van der Waals surface area contributed by atoms with Crippen molar-refractivity contribution in [1.82, 2.24) is 5.32 Å². The lowest BCUT2D eigenvalue weighted by atomic mass is 9.70. The largest absolute Gasteiger partial charge is 0.379 e. The van der Waals surface area contributed by atoms with Gasteiger partial charge in [-0.25, -0.2) is 0 Å². The summed E-state index contributed by atoms with van der Waals surface area (Å²) in [7, 11) is 0. The smallest absolute Gasteiger partial charge is 0.0732 e. The molecule has 0 bridgehead atoms. The van der Waals surface area contributed by atoms with Crippen molar-refractivity contribution in [2.24, 2.45) is 11.3 Å². The van der Waals surface area contributed by atoms with Crippen molar-refractivity contribution < 1.29 is 9.47 Å². The van der Waals surface area contributed by atoms with E-state index in [9.17, 15) is 0 Å². The minimum Gasteiger partial charge on any atom is -0.379 e. The zero-order valence-corrected chi connectivity index (χ0v) is 14.2. The molecule has 0 spiro atoms. The van der Waals surface area contributed by atoms with Crippen LogP contribution in [0.3, 0.4) is 0 Å². The maximum Gasteiger partial charge on any atom is 0.0732 e. The van der Waals surface area contributed by atoms with E-state index < -0.39 is 0 Å². The van der Waals surface area contributed by atoms with Crippen molar-refractivity contribution in [3.63, 3.8) is 0 Å². The third-order valence-electron chi connectivity index (χ3n) is 4.44. The Kier molecular flexibility index (Phi) is 8.08. The van der Waals surface area contributed by atoms with Crippen LogP contribution in [0.25, 0.3) is 0 Å². The SMILES string of the molecule is CCCNC1CCC(C(C)(C)C)CC1OCCOCC. The van der Waals surface area contributed by atoms with Gasteiger partial charge in [0.15, 0.2) is 0 Å². The van der Waals surface area contributed by atoms with Gasteiger partial charge in [0.25, 0.3) is 0 Å². The van der Waals surface area contributed by atoms with Crippen LogP contribution in [0.5, 0.6) is 0 Å². The second-order valence-corrected chi connectivity index (χ2v) is 7.04. The molecule has 0 aromatic rings. The first-order valence-corrected chi connectivity index (χ1v) is 8.41. The summed E-state index contributed by atoms with van der Waals surface area (Å²) in [6, 6.07) is 0.523. The van der Waals surface area contributed by atoms with E-state index in [-0.39, 0.29) is 0 Å². The molecule has 1 fully saturated rings. The van der Waals surface area contributed by atoms with E-state index in [2.05, 4.69) is 33.0 Å². The fraction of sp³-hybridized carbons (Fsp3) is 1.00. The van der Waals surface area contributed by atoms with Gasteiger partial charge >= 0.3 is 0 Å². The lowest BCUT2D eigenvalue weighted by Crippen LogP contribution is -2.48. The average Bonchev–Trinajstić information content (AvgIpc) is 2.41. The monoisotopic (exact) mass is 285 g/mol. The summed E-state index contributed by atoms with van der Waals surface area (Å²) in [6.07, 6.45) is 5.26. The Balaban J connectivity index is 2.49. The van der Waals surface area contributed by atoms with Crippen molar-refractivity contribution in [2.75, 3.05) is 26.4 Å². The van der Waals surface area contributed by atoms with Crippen LogP contribution < -0.4 is 5.32 Å². The minimum absolute atomic E-state index is 0.347.